The highest BCUT2D eigenvalue weighted by atomic mass is 19.4. The van der Waals surface area contributed by atoms with E-state index >= 15 is 0 Å². The van der Waals surface area contributed by atoms with Crippen LogP contribution in [0.4, 0.5) is 19.0 Å². The first kappa shape index (κ1) is 19.9. The van der Waals surface area contributed by atoms with Gasteiger partial charge in [-0.3, -0.25) is 4.79 Å². The number of rotatable bonds is 4. The number of carbonyl (C=O) groups is 1. The number of anilines is 1. The van der Waals surface area contributed by atoms with Crippen LogP contribution in [0.15, 0.2) is 0 Å². The molecule has 0 radical (unpaired) electrons. The first-order chi connectivity index (χ1) is 12.6. The van der Waals surface area contributed by atoms with Crippen molar-refractivity contribution in [2.45, 2.75) is 51.4 Å². The van der Waals surface area contributed by atoms with Gasteiger partial charge < -0.3 is 15.1 Å². The molecule has 1 saturated carbocycles. The van der Waals surface area contributed by atoms with E-state index in [4.69, 9.17) is 0 Å². The summed E-state index contributed by atoms with van der Waals surface area (Å²) in [7, 11) is 4.08. The molecule has 2 heterocycles. The average Bonchev–Trinajstić information content (AvgIpc) is 3.01. The molecule has 2 fully saturated rings. The summed E-state index contributed by atoms with van der Waals surface area (Å²) in [5.74, 6) is -1.07. The van der Waals surface area contributed by atoms with Crippen molar-refractivity contribution in [3.05, 3.63) is 17.1 Å². The molecule has 1 atom stereocenters. The summed E-state index contributed by atoms with van der Waals surface area (Å²) in [4.78, 5) is 25.5. The van der Waals surface area contributed by atoms with E-state index in [0.29, 0.717) is 11.7 Å². The number of hydrogen-bond donors (Lipinski definition) is 1. The van der Waals surface area contributed by atoms with Gasteiger partial charge in [0.2, 0.25) is 5.82 Å². The van der Waals surface area contributed by atoms with Gasteiger partial charge in [0, 0.05) is 36.4 Å². The molecule has 0 spiro atoms. The van der Waals surface area contributed by atoms with E-state index in [-0.39, 0.29) is 18.7 Å². The van der Waals surface area contributed by atoms with E-state index in [1.54, 1.807) is 0 Å². The van der Waals surface area contributed by atoms with Crippen LogP contribution in [0.3, 0.4) is 0 Å². The standard InChI is InChI=1S/C18H26F3N5O/c1-10-11(2)22-15(17(27)23-13-7-12(8-13)18(19,20)21)24-16(10)26-6-5-14(9-26)25(3)4/h12-14H,5-9H2,1-4H3,(H,23,27)/t12?,13?,14-/m1/s1. The zero-order chi connectivity index (χ0) is 19.9. The largest absolute Gasteiger partial charge is 0.391 e. The van der Waals surface area contributed by atoms with Crippen LogP contribution < -0.4 is 10.2 Å². The highest BCUT2D eigenvalue weighted by Gasteiger charge is 2.48. The van der Waals surface area contributed by atoms with Gasteiger partial charge in [0.25, 0.3) is 5.91 Å². The van der Waals surface area contributed by atoms with E-state index in [9.17, 15) is 18.0 Å². The Balaban J connectivity index is 1.70. The molecular weight excluding hydrogens is 359 g/mol. The molecule has 1 aromatic rings. The molecular formula is C18H26F3N5O. The molecule has 0 aromatic carbocycles. The van der Waals surface area contributed by atoms with Gasteiger partial charge >= 0.3 is 6.18 Å². The molecule has 1 aliphatic carbocycles. The Labute approximate surface area is 157 Å². The number of likely N-dealkylation sites (N-methyl/N-ethyl adjacent to an activating group) is 1. The molecule has 1 amide bonds. The summed E-state index contributed by atoms with van der Waals surface area (Å²) in [5.41, 5.74) is 1.63. The summed E-state index contributed by atoms with van der Waals surface area (Å²) in [5, 5.41) is 2.64. The molecule has 1 N–H and O–H groups in total. The minimum Gasteiger partial charge on any atom is -0.355 e. The minimum atomic E-state index is -4.19. The number of alkyl halides is 3. The Hall–Kier alpha value is -1.90. The van der Waals surface area contributed by atoms with E-state index in [1.165, 1.54) is 0 Å². The van der Waals surface area contributed by atoms with Crippen molar-refractivity contribution in [2.24, 2.45) is 5.92 Å². The van der Waals surface area contributed by atoms with Crippen LogP contribution in [0.1, 0.15) is 41.1 Å². The van der Waals surface area contributed by atoms with Gasteiger partial charge in [-0.15, -0.1) is 0 Å². The van der Waals surface area contributed by atoms with Crippen LogP contribution in [-0.2, 0) is 0 Å². The van der Waals surface area contributed by atoms with Gasteiger partial charge in [-0.1, -0.05) is 0 Å². The molecule has 0 bridgehead atoms. The van der Waals surface area contributed by atoms with Crippen molar-refractivity contribution in [1.29, 1.82) is 0 Å². The van der Waals surface area contributed by atoms with Crippen molar-refractivity contribution in [3.8, 4) is 0 Å². The summed E-state index contributed by atoms with van der Waals surface area (Å²) >= 11 is 0. The zero-order valence-corrected chi connectivity index (χ0v) is 16.1. The van der Waals surface area contributed by atoms with E-state index in [1.807, 2.05) is 27.9 Å². The maximum Gasteiger partial charge on any atom is 0.391 e. The average molecular weight is 385 g/mol. The quantitative estimate of drug-likeness (QED) is 0.862. The first-order valence-corrected chi connectivity index (χ1v) is 9.20. The predicted molar refractivity (Wildman–Crippen MR) is 95.8 cm³/mol. The minimum absolute atomic E-state index is 0.0249. The maximum atomic E-state index is 12.6. The first-order valence-electron chi connectivity index (χ1n) is 9.20. The number of nitrogens with one attached hydrogen (secondary N) is 1. The van der Waals surface area contributed by atoms with Gasteiger partial charge in [-0.25, -0.2) is 9.97 Å². The SMILES string of the molecule is Cc1nc(C(=O)NC2CC(C(F)(F)F)C2)nc(N2CC[C@@H](N(C)C)C2)c1C. The molecule has 1 aliphatic heterocycles. The van der Waals surface area contributed by atoms with Gasteiger partial charge in [-0.2, -0.15) is 13.2 Å². The molecule has 1 aromatic heterocycles. The summed E-state index contributed by atoms with van der Waals surface area (Å²) < 4.78 is 37.8. The summed E-state index contributed by atoms with van der Waals surface area (Å²) in [6.07, 6.45) is -3.34. The summed E-state index contributed by atoms with van der Waals surface area (Å²) in [6.45, 7) is 5.41. The second kappa shape index (κ2) is 7.26. The number of nitrogens with zero attached hydrogens (tertiary/aromatic N) is 4. The summed E-state index contributed by atoms with van der Waals surface area (Å²) in [6, 6.07) is -0.0473. The zero-order valence-electron chi connectivity index (χ0n) is 16.1. The molecule has 9 heteroatoms. The highest BCUT2D eigenvalue weighted by molar-refractivity contribution is 5.91. The fraction of sp³-hybridized carbons (Fsp3) is 0.722. The van der Waals surface area contributed by atoms with E-state index in [0.717, 1.165) is 30.9 Å². The van der Waals surface area contributed by atoms with Crippen LogP contribution in [0.25, 0.3) is 0 Å². The molecule has 3 rings (SSSR count). The number of hydrogen-bond acceptors (Lipinski definition) is 5. The Morgan fingerprint density at radius 1 is 1.22 bits per heavy atom. The molecule has 150 valence electrons. The number of aromatic nitrogens is 2. The third-order valence-electron chi connectivity index (χ3n) is 5.70. The van der Waals surface area contributed by atoms with Crippen LogP contribution in [-0.4, -0.2) is 66.2 Å². The second-order valence-corrected chi connectivity index (χ2v) is 7.81. The molecule has 27 heavy (non-hydrogen) atoms. The highest BCUT2D eigenvalue weighted by Crippen LogP contribution is 2.41. The Bertz CT molecular complexity index is 716. The van der Waals surface area contributed by atoms with Crippen LogP contribution in [0.5, 0.6) is 0 Å². The van der Waals surface area contributed by atoms with Crippen molar-refractivity contribution >= 4 is 11.7 Å². The van der Waals surface area contributed by atoms with Crippen LogP contribution in [0.2, 0.25) is 0 Å². The lowest BCUT2D eigenvalue weighted by Gasteiger charge is -2.36. The normalized spacial score (nSPS) is 25.6. The Kier molecular flexibility index (Phi) is 5.33. The van der Waals surface area contributed by atoms with Crippen molar-refractivity contribution in [1.82, 2.24) is 20.2 Å². The van der Waals surface area contributed by atoms with Gasteiger partial charge in [0.05, 0.1) is 5.92 Å². The third-order valence-corrected chi connectivity index (χ3v) is 5.70. The lowest BCUT2D eigenvalue weighted by Crippen LogP contribution is -2.49. The maximum absolute atomic E-state index is 12.6. The van der Waals surface area contributed by atoms with Gasteiger partial charge in [-0.05, 0) is 47.2 Å². The van der Waals surface area contributed by atoms with Gasteiger partial charge in [0.1, 0.15) is 5.82 Å². The number of amides is 1. The van der Waals surface area contributed by atoms with Crippen LogP contribution >= 0.6 is 0 Å². The smallest absolute Gasteiger partial charge is 0.355 e. The van der Waals surface area contributed by atoms with Crippen molar-refractivity contribution in [3.63, 3.8) is 0 Å². The number of aryl methyl sites for hydroxylation is 1. The van der Waals surface area contributed by atoms with Crippen molar-refractivity contribution in [2.75, 3.05) is 32.1 Å². The molecule has 1 saturated heterocycles. The molecule has 6 nitrogen and oxygen atoms in total. The molecule has 2 aliphatic rings. The topological polar surface area (TPSA) is 61.4 Å². The Morgan fingerprint density at radius 3 is 2.44 bits per heavy atom. The predicted octanol–water partition coefficient (Wildman–Crippen LogP) is 2.30. The van der Waals surface area contributed by atoms with Crippen molar-refractivity contribution < 1.29 is 18.0 Å². The van der Waals surface area contributed by atoms with Gasteiger partial charge in [0.15, 0.2) is 0 Å². The fourth-order valence-electron chi connectivity index (χ4n) is 3.63. The van der Waals surface area contributed by atoms with Crippen LogP contribution in [0, 0.1) is 19.8 Å². The lowest BCUT2D eigenvalue weighted by molar-refractivity contribution is -0.198. The number of carbonyl (C=O) groups excluding carboxylic acids is 1. The lowest BCUT2D eigenvalue weighted by atomic mass is 9.80. The third kappa shape index (κ3) is 4.17. The monoisotopic (exact) mass is 385 g/mol. The van der Waals surface area contributed by atoms with E-state index in [2.05, 4.69) is 25.1 Å². The number of halogens is 3. The fourth-order valence-corrected chi connectivity index (χ4v) is 3.63. The van der Waals surface area contributed by atoms with E-state index < -0.39 is 24.0 Å². The second-order valence-electron chi connectivity index (χ2n) is 7.81. The molecule has 0 unspecified atom stereocenters. The Morgan fingerprint density at radius 2 is 1.89 bits per heavy atom.